The van der Waals surface area contributed by atoms with Crippen molar-refractivity contribution in [1.82, 2.24) is 0 Å². The maximum Gasteiger partial charge on any atom is 0.337 e. The Balaban J connectivity index is 2.80. The summed E-state index contributed by atoms with van der Waals surface area (Å²) < 4.78 is 22.9. The highest BCUT2D eigenvalue weighted by Crippen LogP contribution is 2.35. The number of hydrogen-bond acceptors (Lipinski definition) is 4. The number of carbonyl (C=O) groups is 1. The van der Waals surface area contributed by atoms with Crippen LogP contribution in [0.25, 0.3) is 5.57 Å². The van der Waals surface area contributed by atoms with Crippen LogP contribution >= 0.6 is 0 Å². The lowest BCUT2D eigenvalue weighted by atomic mass is 10.1. The van der Waals surface area contributed by atoms with Crippen molar-refractivity contribution < 1.29 is 23.4 Å². The SMILES string of the molecule is O=C(O)C1=CS(=O)(=O)c2ccc(O)cc21. The average molecular weight is 226 g/mol. The van der Waals surface area contributed by atoms with Crippen LogP contribution in [0, 0.1) is 0 Å². The Morgan fingerprint density at radius 1 is 1.27 bits per heavy atom. The number of phenols is 1. The normalized spacial score (nSPS) is 16.9. The lowest BCUT2D eigenvalue weighted by Gasteiger charge is -2.00. The van der Waals surface area contributed by atoms with Crippen molar-refractivity contribution >= 4 is 21.4 Å². The second-order valence-corrected chi connectivity index (χ2v) is 4.83. The van der Waals surface area contributed by atoms with Gasteiger partial charge in [0, 0.05) is 5.56 Å². The monoisotopic (exact) mass is 226 g/mol. The van der Waals surface area contributed by atoms with E-state index in [1.165, 1.54) is 12.1 Å². The molecule has 0 saturated heterocycles. The summed E-state index contributed by atoms with van der Waals surface area (Å²) in [5, 5.41) is 18.6. The molecule has 0 fully saturated rings. The van der Waals surface area contributed by atoms with Crippen LogP contribution in [0.3, 0.4) is 0 Å². The van der Waals surface area contributed by atoms with Crippen molar-refractivity contribution in [3.8, 4) is 5.75 Å². The molecule has 0 unspecified atom stereocenters. The zero-order valence-corrected chi connectivity index (χ0v) is 8.15. The fraction of sp³-hybridized carbons (Fsp3) is 0. The van der Waals surface area contributed by atoms with Crippen LogP contribution in [-0.4, -0.2) is 24.6 Å². The van der Waals surface area contributed by atoms with E-state index >= 15 is 0 Å². The molecule has 0 bridgehead atoms. The standard InChI is InChI=1S/C9H6O5S/c10-5-1-2-8-6(3-5)7(9(11)12)4-15(8,13)14/h1-4,10H,(H,11,12). The highest BCUT2D eigenvalue weighted by atomic mass is 32.2. The molecule has 0 spiro atoms. The summed E-state index contributed by atoms with van der Waals surface area (Å²) >= 11 is 0. The number of carboxylic acid groups (broad SMARTS) is 1. The van der Waals surface area contributed by atoms with Gasteiger partial charge in [-0.1, -0.05) is 0 Å². The zero-order valence-electron chi connectivity index (χ0n) is 7.34. The van der Waals surface area contributed by atoms with Gasteiger partial charge in [-0.15, -0.1) is 0 Å². The van der Waals surface area contributed by atoms with Crippen LogP contribution in [0.4, 0.5) is 0 Å². The summed E-state index contributed by atoms with van der Waals surface area (Å²) in [6.07, 6.45) is 0. The number of aromatic hydroxyl groups is 1. The third-order valence-corrected chi connectivity index (χ3v) is 3.58. The number of benzene rings is 1. The molecule has 1 aromatic carbocycles. The predicted octanol–water partition coefficient (Wildman–Crippen LogP) is 0.605. The molecule has 15 heavy (non-hydrogen) atoms. The average Bonchev–Trinajstić information content (AvgIpc) is 2.38. The van der Waals surface area contributed by atoms with Gasteiger partial charge in [-0.3, -0.25) is 0 Å². The van der Waals surface area contributed by atoms with Gasteiger partial charge in [0.1, 0.15) is 5.75 Å². The molecular weight excluding hydrogens is 220 g/mol. The Labute approximate surface area is 85.2 Å². The van der Waals surface area contributed by atoms with E-state index in [0.717, 1.165) is 6.07 Å². The first-order valence-corrected chi connectivity index (χ1v) is 5.50. The van der Waals surface area contributed by atoms with Crippen molar-refractivity contribution in [2.24, 2.45) is 0 Å². The Morgan fingerprint density at radius 3 is 2.53 bits per heavy atom. The van der Waals surface area contributed by atoms with Gasteiger partial charge in [0.25, 0.3) is 0 Å². The molecule has 1 aliphatic rings. The molecule has 1 aliphatic heterocycles. The minimum absolute atomic E-state index is 0.0301. The van der Waals surface area contributed by atoms with Gasteiger partial charge >= 0.3 is 5.97 Å². The Morgan fingerprint density at radius 2 is 1.93 bits per heavy atom. The third kappa shape index (κ3) is 1.39. The summed E-state index contributed by atoms with van der Waals surface area (Å²) in [6.45, 7) is 0. The minimum atomic E-state index is -3.67. The van der Waals surface area contributed by atoms with E-state index in [1.54, 1.807) is 0 Å². The van der Waals surface area contributed by atoms with E-state index < -0.39 is 15.8 Å². The number of phenolic OH excluding ortho intramolecular Hbond substituents is 1. The summed E-state index contributed by atoms with van der Waals surface area (Å²) in [6, 6.07) is 3.52. The lowest BCUT2D eigenvalue weighted by Crippen LogP contribution is -1.97. The van der Waals surface area contributed by atoms with E-state index in [-0.39, 0.29) is 21.8 Å². The molecule has 6 heteroatoms. The Kier molecular flexibility index (Phi) is 1.84. The van der Waals surface area contributed by atoms with Gasteiger partial charge in [-0.2, -0.15) is 0 Å². The topological polar surface area (TPSA) is 91.7 Å². The molecule has 5 nitrogen and oxygen atoms in total. The summed E-state index contributed by atoms with van der Waals surface area (Å²) in [4.78, 5) is 10.7. The molecule has 0 aromatic heterocycles. The number of hydrogen-bond donors (Lipinski definition) is 2. The van der Waals surface area contributed by atoms with Gasteiger partial charge in [0.2, 0.25) is 9.84 Å². The number of fused-ring (bicyclic) bond motifs is 1. The number of aliphatic carboxylic acids is 1. The molecule has 0 radical (unpaired) electrons. The molecular formula is C9H6O5S. The Hall–Kier alpha value is -1.82. The van der Waals surface area contributed by atoms with Crippen LogP contribution in [0.15, 0.2) is 28.5 Å². The molecule has 0 saturated carbocycles. The van der Waals surface area contributed by atoms with E-state index in [1.807, 2.05) is 0 Å². The van der Waals surface area contributed by atoms with Gasteiger partial charge < -0.3 is 10.2 Å². The van der Waals surface area contributed by atoms with E-state index in [2.05, 4.69) is 0 Å². The van der Waals surface area contributed by atoms with Crippen LogP contribution in [0.1, 0.15) is 5.56 Å². The maximum atomic E-state index is 11.5. The van der Waals surface area contributed by atoms with Gasteiger partial charge in [0.15, 0.2) is 0 Å². The third-order valence-electron chi connectivity index (χ3n) is 2.06. The van der Waals surface area contributed by atoms with Crippen LogP contribution < -0.4 is 0 Å². The van der Waals surface area contributed by atoms with Crippen molar-refractivity contribution in [3.63, 3.8) is 0 Å². The molecule has 1 heterocycles. The quantitative estimate of drug-likeness (QED) is 0.731. The summed E-state index contributed by atoms with van der Waals surface area (Å²) in [7, 11) is -3.67. The first-order chi connectivity index (χ1) is 6.92. The minimum Gasteiger partial charge on any atom is -0.508 e. The summed E-state index contributed by atoms with van der Waals surface area (Å²) in [5.74, 6) is -1.50. The van der Waals surface area contributed by atoms with Gasteiger partial charge in [0.05, 0.1) is 15.9 Å². The maximum absolute atomic E-state index is 11.5. The zero-order chi connectivity index (χ0) is 11.2. The number of rotatable bonds is 1. The van der Waals surface area contributed by atoms with Crippen LogP contribution in [0.2, 0.25) is 0 Å². The van der Waals surface area contributed by atoms with Crippen LogP contribution in [-0.2, 0) is 14.6 Å². The van der Waals surface area contributed by atoms with Crippen LogP contribution in [0.5, 0.6) is 5.75 Å². The molecule has 0 amide bonds. The van der Waals surface area contributed by atoms with Crippen molar-refractivity contribution in [2.45, 2.75) is 4.90 Å². The van der Waals surface area contributed by atoms with Crippen molar-refractivity contribution in [2.75, 3.05) is 0 Å². The lowest BCUT2D eigenvalue weighted by molar-refractivity contribution is -0.130. The highest BCUT2D eigenvalue weighted by Gasteiger charge is 2.30. The van der Waals surface area contributed by atoms with Crippen molar-refractivity contribution in [3.05, 3.63) is 29.2 Å². The smallest absolute Gasteiger partial charge is 0.337 e. The molecule has 0 aliphatic carbocycles. The van der Waals surface area contributed by atoms with Gasteiger partial charge in [-0.05, 0) is 18.2 Å². The predicted molar refractivity (Wildman–Crippen MR) is 50.9 cm³/mol. The Bertz CT molecular complexity index is 583. The van der Waals surface area contributed by atoms with Crippen molar-refractivity contribution in [1.29, 1.82) is 0 Å². The second-order valence-electron chi connectivity index (χ2n) is 3.06. The van der Waals surface area contributed by atoms with E-state index in [4.69, 9.17) is 10.2 Å². The molecule has 78 valence electrons. The largest absolute Gasteiger partial charge is 0.508 e. The summed E-state index contributed by atoms with van der Waals surface area (Å²) in [5.41, 5.74) is -0.289. The first kappa shape index (κ1) is 9.72. The number of carboxylic acids is 1. The second kappa shape index (κ2) is 2.83. The highest BCUT2D eigenvalue weighted by molar-refractivity contribution is 7.95. The molecule has 2 rings (SSSR count). The molecule has 2 N–H and O–H groups in total. The molecule has 1 aromatic rings. The first-order valence-electron chi connectivity index (χ1n) is 3.95. The van der Waals surface area contributed by atoms with E-state index in [0.29, 0.717) is 5.41 Å². The fourth-order valence-electron chi connectivity index (χ4n) is 1.42. The molecule has 0 atom stereocenters. The van der Waals surface area contributed by atoms with Gasteiger partial charge in [-0.25, -0.2) is 13.2 Å². The van der Waals surface area contributed by atoms with E-state index in [9.17, 15) is 13.2 Å². The fourth-order valence-corrected chi connectivity index (χ4v) is 2.82. The number of sulfone groups is 1.